The molecule has 1 heterocycles. The van der Waals surface area contributed by atoms with Crippen molar-refractivity contribution in [2.45, 2.75) is 32.0 Å². The highest BCUT2D eigenvalue weighted by molar-refractivity contribution is 7.99. The van der Waals surface area contributed by atoms with Crippen molar-refractivity contribution in [1.29, 1.82) is 0 Å². The Morgan fingerprint density at radius 3 is 2.55 bits per heavy atom. The third-order valence-corrected chi connectivity index (χ3v) is 5.43. The molecule has 0 bridgehead atoms. The van der Waals surface area contributed by atoms with Crippen molar-refractivity contribution in [3.63, 3.8) is 0 Å². The fraction of sp³-hybridized carbons (Fsp3) is 0.286. The highest BCUT2D eigenvalue weighted by atomic mass is 35.5. The van der Waals surface area contributed by atoms with Crippen molar-refractivity contribution >= 4 is 40.6 Å². The molecule has 3 rings (SSSR count). The third-order valence-electron chi connectivity index (χ3n) is 4.28. The molecule has 0 aliphatic rings. The summed E-state index contributed by atoms with van der Waals surface area (Å²) in [5, 5.41) is 11.7. The first-order valence-electron chi connectivity index (χ1n) is 9.35. The van der Waals surface area contributed by atoms with Crippen LogP contribution >= 0.6 is 23.4 Å². The standard InChI is InChI=1S/C21H23ClN4O2S/c1-4-26(14(2)3)16-11-9-15(10-12-16)23-19(27)13-29-21-25-24-20(28-21)17-7-5-6-8-18(17)22/h5-12,14H,4,13H2,1-3H3,(H,23,27). The first-order chi connectivity index (χ1) is 14.0. The van der Waals surface area contributed by atoms with E-state index in [-0.39, 0.29) is 11.7 Å². The minimum atomic E-state index is -0.142. The highest BCUT2D eigenvalue weighted by Crippen LogP contribution is 2.28. The van der Waals surface area contributed by atoms with Gasteiger partial charge in [-0.15, -0.1) is 10.2 Å². The summed E-state index contributed by atoms with van der Waals surface area (Å²) in [4.78, 5) is 14.5. The molecule has 0 spiro atoms. The van der Waals surface area contributed by atoms with E-state index in [4.69, 9.17) is 16.0 Å². The molecule has 1 N–H and O–H groups in total. The molecule has 0 saturated carbocycles. The summed E-state index contributed by atoms with van der Waals surface area (Å²) >= 11 is 7.32. The molecule has 0 atom stereocenters. The number of aromatic nitrogens is 2. The van der Waals surface area contributed by atoms with Crippen molar-refractivity contribution in [2.24, 2.45) is 0 Å². The lowest BCUT2D eigenvalue weighted by atomic mass is 10.2. The number of benzene rings is 2. The maximum Gasteiger partial charge on any atom is 0.277 e. The van der Waals surface area contributed by atoms with Crippen LogP contribution in [0.15, 0.2) is 58.2 Å². The maximum absolute atomic E-state index is 12.2. The smallest absolute Gasteiger partial charge is 0.277 e. The molecule has 6 nitrogen and oxygen atoms in total. The molecule has 0 aliphatic heterocycles. The Morgan fingerprint density at radius 1 is 1.17 bits per heavy atom. The number of halogens is 1. The molecule has 0 aliphatic carbocycles. The van der Waals surface area contributed by atoms with E-state index in [1.54, 1.807) is 12.1 Å². The number of amides is 1. The number of rotatable bonds is 8. The number of thioether (sulfide) groups is 1. The Bertz CT molecular complexity index is 959. The summed E-state index contributed by atoms with van der Waals surface area (Å²) in [7, 11) is 0. The SMILES string of the molecule is CCN(c1ccc(NC(=O)CSc2nnc(-c3ccccc3Cl)o2)cc1)C(C)C. The first kappa shape index (κ1) is 21.2. The molecule has 8 heteroatoms. The zero-order valence-corrected chi connectivity index (χ0v) is 18.1. The Morgan fingerprint density at radius 2 is 1.90 bits per heavy atom. The Balaban J connectivity index is 1.55. The molecule has 0 fully saturated rings. The van der Waals surface area contributed by atoms with E-state index in [1.165, 1.54) is 11.8 Å². The fourth-order valence-electron chi connectivity index (χ4n) is 2.92. The first-order valence-corrected chi connectivity index (χ1v) is 10.7. The minimum Gasteiger partial charge on any atom is -0.411 e. The molecule has 0 unspecified atom stereocenters. The van der Waals surface area contributed by atoms with Gasteiger partial charge in [0.2, 0.25) is 11.8 Å². The molecule has 2 aromatic carbocycles. The van der Waals surface area contributed by atoms with Crippen LogP contribution in [0.25, 0.3) is 11.5 Å². The second kappa shape index (κ2) is 9.80. The van der Waals surface area contributed by atoms with E-state index in [2.05, 4.69) is 41.2 Å². The Kier molecular flexibility index (Phi) is 7.17. The van der Waals surface area contributed by atoms with Gasteiger partial charge in [-0.2, -0.15) is 0 Å². The van der Waals surface area contributed by atoms with E-state index in [0.717, 1.165) is 17.9 Å². The number of carbonyl (C=O) groups is 1. The van der Waals surface area contributed by atoms with Gasteiger partial charge in [0.05, 0.1) is 16.3 Å². The average molecular weight is 431 g/mol. The van der Waals surface area contributed by atoms with Crippen LogP contribution < -0.4 is 10.2 Å². The van der Waals surface area contributed by atoms with Crippen LogP contribution in [0.1, 0.15) is 20.8 Å². The number of nitrogens with zero attached hydrogens (tertiary/aromatic N) is 3. The molecule has 1 aromatic heterocycles. The van der Waals surface area contributed by atoms with Crippen LogP contribution in [0.4, 0.5) is 11.4 Å². The van der Waals surface area contributed by atoms with E-state index in [1.807, 2.05) is 36.4 Å². The van der Waals surface area contributed by atoms with Crippen LogP contribution in [0.3, 0.4) is 0 Å². The van der Waals surface area contributed by atoms with Gasteiger partial charge in [-0.3, -0.25) is 4.79 Å². The lowest BCUT2D eigenvalue weighted by Crippen LogP contribution is -2.30. The average Bonchev–Trinajstić information content (AvgIpc) is 3.17. The molecular formula is C21H23ClN4O2S. The largest absolute Gasteiger partial charge is 0.411 e. The summed E-state index contributed by atoms with van der Waals surface area (Å²) in [6.07, 6.45) is 0. The predicted molar refractivity (Wildman–Crippen MR) is 119 cm³/mol. The topological polar surface area (TPSA) is 71.3 Å². The fourth-order valence-corrected chi connectivity index (χ4v) is 3.70. The number of carbonyl (C=O) groups excluding carboxylic acids is 1. The second-order valence-electron chi connectivity index (χ2n) is 6.62. The molecule has 3 aromatic rings. The number of anilines is 2. The quantitative estimate of drug-likeness (QED) is 0.485. The highest BCUT2D eigenvalue weighted by Gasteiger charge is 2.14. The Labute approximate surface area is 179 Å². The summed E-state index contributed by atoms with van der Waals surface area (Å²) in [6, 6.07) is 15.5. The molecule has 29 heavy (non-hydrogen) atoms. The van der Waals surface area contributed by atoms with Crippen LogP contribution in [-0.4, -0.2) is 34.4 Å². The number of hydrogen-bond donors (Lipinski definition) is 1. The summed E-state index contributed by atoms with van der Waals surface area (Å²) < 4.78 is 5.60. The zero-order valence-electron chi connectivity index (χ0n) is 16.6. The Hall–Kier alpha value is -2.51. The number of nitrogens with one attached hydrogen (secondary N) is 1. The normalized spacial score (nSPS) is 10.9. The number of hydrogen-bond acceptors (Lipinski definition) is 6. The van der Waals surface area contributed by atoms with Gasteiger partial charge in [-0.25, -0.2) is 0 Å². The van der Waals surface area contributed by atoms with E-state index < -0.39 is 0 Å². The van der Waals surface area contributed by atoms with Gasteiger partial charge in [0, 0.05) is 24.0 Å². The van der Waals surface area contributed by atoms with Crippen LogP contribution in [-0.2, 0) is 4.79 Å². The van der Waals surface area contributed by atoms with Crippen LogP contribution in [0.2, 0.25) is 5.02 Å². The predicted octanol–water partition coefficient (Wildman–Crippen LogP) is 5.36. The summed E-state index contributed by atoms with van der Waals surface area (Å²) in [6.45, 7) is 7.37. The molecule has 0 saturated heterocycles. The van der Waals surface area contributed by atoms with Gasteiger partial charge in [-0.05, 0) is 57.2 Å². The van der Waals surface area contributed by atoms with Crippen molar-refractivity contribution in [1.82, 2.24) is 10.2 Å². The second-order valence-corrected chi connectivity index (χ2v) is 7.95. The zero-order chi connectivity index (χ0) is 20.8. The summed E-state index contributed by atoms with van der Waals surface area (Å²) in [5.74, 6) is 0.357. The molecular weight excluding hydrogens is 408 g/mol. The summed E-state index contributed by atoms with van der Waals surface area (Å²) in [5.41, 5.74) is 2.55. The van der Waals surface area contributed by atoms with Crippen LogP contribution in [0.5, 0.6) is 0 Å². The van der Waals surface area contributed by atoms with E-state index >= 15 is 0 Å². The van der Waals surface area contributed by atoms with E-state index in [0.29, 0.717) is 27.7 Å². The lowest BCUT2D eigenvalue weighted by Gasteiger charge is -2.27. The van der Waals surface area contributed by atoms with Crippen molar-refractivity contribution in [3.8, 4) is 11.5 Å². The van der Waals surface area contributed by atoms with Gasteiger partial charge in [0.1, 0.15) is 0 Å². The van der Waals surface area contributed by atoms with Crippen molar-refractivity contribution in [3.05, 3.63) is 53.6 Å². The minimum absolute atomic E-state index is 0.142. The van der Waals surface area contributed by atoms with Crippen molar-refractivity contribution in [2.75, 3.05) is 22.5 Å². The third kappa shape index (κ3) is 5.52. The van der Waals surface area contributed by atoms with Gasteiger partial charge >= 0.3 is 0 Å². The molecule has 152 valence electrons. The van der Waals surface area contributed by atoms with Gasteiger partial charge < -0.3 is 14.6 Å². The van der Waals surface area contributed by atoms with E-state index in [9.17, 15) is 4.79 Å². The van der Waals surface area contributed by atoms with Gasteiger partial charge in [0.25, 0.3) is 5.22 Å². The van der Waals surface area contributed by atoms with Gasteiger partial charge in [-0.1, -0.05) is 35.5 Å². The van der Waals surface area contributed by atoms with Crippen LogP contribution in [0, 0.1) is 0 Å². The molecule has 0 radical (unpaired) electrons. The lowest BCUT2D eigenvalue weighted by molar-refractivity contribution is -0.113. The molecule has 1 amide bonds. The van der Waals surface area contributed by atoms with Crippen molar-refractivity contribution < 1.29 is 9.21 Å². The monoisotopic (exact) mass is 430 g/mol. The van der Waals surface area contributed by atoms with Gasteiger partial charge in [0.15, 0.2) is 0 Å². The maximum atomic E-state index is 12.2.